The van der Waals surface area contributed by atoms with Gasteiger partial charge in [-0.05, 0) is 56.2 Å². The van der Waals surface area contributed by atoms with Crippen LogP contribution in [0.2, 0.25) is 0 Å². The molecule has 0 saturated heterocycles. The van der Waals surface area contributed by atoms with Crippen LogP contribution in [0.5, 0.6) is 5.75 Å². The summed E-state index contributed by atoms with van der Waals surface area (Å²) in [6, 6.07) is 10.7. The van der Waals surface area contributed by atoms with E-state index in [1.807, 2.05) is 0 Å². The number of phenols is 1. The molecule has 4 nitrogen and oxygen atoms in total. The SMILES string of the molecule is CC(C)N(C(=O)C(CO)Cc1ccccc1C(F)(F)F)c1ccc(O)cc1. The first-order chi connectivity index (χ1) is 12.6. The number of aromatic hydroxyl groups is 1. The molecule has 7 heteroatoms. The molecule has 0 fully saturated rings. The normalized spacial score (nSPS) is 12.9. The zero-order chi connectivity index (χ0) is 20.2. The highest BCUT2D eigenvalue weighted by Crippen LogP contribution is 2.33. The number of alkyl halides is 3. The van der Waals surface area contributed by atoms with Crippen molar-refractivity contribution in [1.29, 1.82) is 0 Å². The van der Waals surface area contributed by atoms with Gasteiger partial charge in [-0.15, -0.1) is 0 Å². The number of amides is 1. The van der Waals surface area contributed by atoms with E-state index in [1.54, 1.807) is 26.0 Å². The number of aliphatic hydroxyl groups is 1. The summed E-state index contributed by atoms with van der Waals surface area (Å²) < 4.78 is 39.6. The summed E-state index contributed by atoms with van der Waals surface area (Å²) in [4.78, 5) is 14.4. The van der Waals surface area contributed by atoms with Gasteiger partial charge in [-0.3, -0.25) is 4.79 Å². The lowest BCUT2D eigenvalue weighted by Gasteiger charge is -2.30. The first kappa shape index (κ1) is 20.8. The molecule has 1 unspecified atom stereocenters. The maximum atomic E-state index is 13.2. The van der Waals surface area contributed by atoms with E-state index in [-0.39, 0.29) is 23.8 Å². The predicted molar refractivity (Wildman–Crippen MR) is 96.5 cm³/mol. The lowest BCUT2D eigenvalue weighted by atomic mass is 9.94. The number of anilines is 1. The van der Waals surface area contributed by atoms with Crippen molar-refractivity contribution in [1.82, 2.24) is 0 Å². The van der Waals surface area contributed by atoms with Gasteiger partial charge in [-0.2, -0.15) is 13.2 Å². The highest BCUT2D eigenvalue weighted by Gasteiger charge is 2.35. The third kappa shape index (κ3) is 5.01. The number of nitrogens with zero attached hydrogens (tertiary/aromatic N) is 1. The Labute approximate surface area is 155 Å². The molecule has 2 N–H and O–H groups in total. The van der Waals surface area contributed by atoms with Crippen LogP contribution in [0.15, 0.2) is 48.5 Å². The zero-order valence-electron chi connectivity index (χ0n) is 15.1. The number of benzene rings is 2. The maximum Gasteiger partial charge on any atom is 0.416 e. The third-order valence-electron chi connectivity index (χ3n) is 4.24. The van der Waals surface area contributed by atoms with Crippen LogP contribution >= 0.6 is 0 Å². The molecule has 146 valence electrons. The molecule has 0 bridgehead atoms. The summed E-state index contributed by atoms with van der Waals surface area (Å²) in [6.45, 7) is 2.96. The van der Waals surface area contributed by atoms with Gasteiger partial charge in [0.1, 0.15) is 5.75 Å². The Hall–Kier alpha value is -2.54. The summed E-state index contributed by atoms with van der Waals surface area (Å²) in [5.41, 5.74) is -0.348. The molecule has 0 aliphatic rings. The van der Waals surface area contributed by atoms with Crippen molar-refractivity contribution in [3.05, 3.63) is 59.7 Å². The van der Waals surface area contributed by atoms with Gasteiger partial charge in [0.05, 0.1) is 18.1 Å². The molecule has 2 rings (SSSR count). The lowest BCUT2D eigenvalue weighted by molar-refractivity contribution is -0.138. The average Bonchev–Trinajstić information content (AvgIpc) is 2.60. The second-order valence-corrected chi connectivity index (χ2v) is 6.56. The molecular formula is C20H22F3NO3. The third-order valence-corrected chi connectivity index (χ3v) is 4.24. The second kappa shape index (κ2) is 8.43. The molecule has 0 radical (unpaired) electrons. The molecule has 2 aromatic carbocycles. The van der Waals surface area contributed by atoms with E-state index in [0.29, 0.717) is 5.69 Å². The van der Waals surface area contributed by atoms with E-state index < -0.39 is 30.2 Å². The van der Waals surface area contributed by atoms with Gasteiger partial charge in [0, 0.05) is 11.7 Å². The Balaban J connectivity index is 2.33. The van der Waals surface area contributed by atoms with E-state index in [9.17, 15) is 28.2 Å². The van der Waals surface area contributed by atoms with E-state index in [0.717, 1.165) is 6.07 Å². The van der Waals surface area contributed by atoms with Crippen LogP contribution in [-0.2, 0) is 17.4 Å². The van der Waals surface area contributed by atoms with Crippen molar-refractivity contribution in [3.63, 3.8) is 0 Å². The Kier molecular flexibility index (Phi) is 6.49. The molecule has 0 aliphatic heterocycles. The van der Waals surface area contributed by atoms with Gasteiger partial charge in [0.15, 0.2) is 0 Å². The molecule has 0 heterocycles. The van der Waals surface area contributed by atoms with Crippen LogP contribution in [0.25, 0.3) is 0 Å². The van der Waals surface area contributed by atoms with Gasteiger partial charge < -0.3 is 15.1 Å². The number of aliphatic hydroxyl groups excluding tert-OH is 1. The fourth-order valence-corrected chi connectivity index (χ4v) is 2.96. The summed E-state index contributed by atoms with van der Waals surface area (Å²) in [6.07, 6.45) is -4.76. The molecule has 0 spiro atoms. The monoisotopic (exact) mass is 381 g/mol. The topological polar surface area (TPSA) is 60.8 Å². The quantitative estimate of drug-likeness (QED) is 0.795. The van der Waals surface area contributed by atoms with Gasteiger partial charge >= 0.3 is 6.18 Å². The molecule has 0 aromatic heterocycles. The molecule has 0 saturated carbocycles. The first-order valence-electron chi connectivity index (χ1n) is 8.53. The van der Waals surface area contributed by atoms with E-state index in [1.165, 1.54) is 35.2 Å². The number of rotatable bonds is 6. The van der Waals surface area contributed by atoms with Crippen molar-refractivity contribution < 1.29 is 28.2 Å². The van der Waals surface area contributed by atoms with Crippen molar-refractivity contribution in [2.45, 2.75) is 32.5 Å². The van der Waals surface area contributed by atoms with Crippen LogP contribution in [-0.4, -0.2) is 28.8 Å². The number of carbonyl (C=O) groups is 1. The van der Waals surface area contributed by atoms with E-state index in [4.69, 9.17) is 0 Å². The highest BCUT2D eigenvalue weighted by molar-refractivity contribution is 5.95. The van der Waals surface area contributed by atoms with Crippen LogP contribution in [0.4, 0.5) is 18.9 Å². The zero-order valence-corrected chi connectivity index (χ0v) is 15.1. The minimum absolute atomic E-state index is 0.0349. The Bertz CT molecular complexity index is 773. The highest BCUT2D eigenvalue weighted by atomic mass is 19.4. The molecule has 2 aromatic rings. The van der Waals surface area contributed by atoms with E-state index >= 15 is 0 Å². The number of carbonyl (C=O) groups excluding carboxylic acids is 1. The van der Waals surface area contributed by atoms with Gasteiger partial charge in [0.25, 0.3) is 0 Å². The minimum atomic E-state index is -4.53. The van der Waals surface area contributed by atoms with Crippen LogP contribution in [0, 0.1) is 5.92 Å². The fourth-order valence-electron chi connectivity index (χ4n) is 2.96. The van der Waals surface area contributed by atoms with E-state index in [2.05, 4.69) is 0 Å². The Morgan fingerprint density at radius 3 is 2.19 bits per heavy atom. The number of hydrogen-bond donors (Lipinski definition) is 2. The predicted octanol–water partition coefficient (Wildman–Crippen LogP) is 4.00. The van der Waals surface area contributed by atoms with Crippen molar-refractivity contribution in [2.75, 3.05) is 11.5 Å². The molecular weight excluding hydrogens is 359 g/mol. The molecule has 1 atom stereocenters. The number of halogens is 3. The summed E-state index contributed by atoms with van der Waals surface area (Å²) in [7, 11) is 0. The Morgan fingerprint density at radius 2 is 1.67 bits per heavy atom. The van der Waals surface area contributed by atoms with Crippen molar-refractivity contribution in [3.8, 4) is 5.75 Å². The number of hydrogen-bond acceptors (Lipinski definition) is 3. The minimum Gasteiger partial charge on any atom is -0.508 e. The standard InChI is InChI=1S/C20H22F3NO3/c1-13(2)24(16-7-9-17(26)10-8-16)19(27)15(12-25)11-14-5-3-4-6-18(14)20(21,22)23/h3-10,13,15,25-26H,11-12H2,1-2H3. The fraction of sp³-hybridized carbons (Fsp3) is 0.350. The Morgan fingerprint density at radius 1 is 1.07 bits per heavy atom. The molecule has 27 heavy (non-hydrogen) atoms. The average molecular weight is 381 g/mol. The lowest BCUT2D eigenvalue weighted by Crippen LogP contribution is -2.43. The van der Waals surface area contributed by atoms with Crippen molar-refractivity contribution in [2.24, 2.45) is 5.92 Å². The van der Waals surface area contributed by atoms with Crippen molar-refractivity contribution >= 4 is 11.6 Å². The largest absolute Gasteiger partial charge is 0.508 e. The first-order valence-corrected chi connectivity index (χ1v) is 8.53. The summed E-state index contributed by atoms with van der Waals surface area (Å²) in [5, 5.41) is 19.1. The second-order valence-electron chi connectivity index (χ2n) is 6.56. The van der Waals surface area contributed by atoms with Crippen LogP contribution in [0.3, 0.4) is 0 Å². The summed E-state index contributed by atoms with van der Waals surface area (Å²) in [5.74, 6) is -1.47. The maximum absolute atomic E-state index is 13.2. The smallest absolute Gasteiger partial charge is 0.416 e. The van der Waals surface area contributed by atoms with Crippen LogP contribution < -0.4 is 4.90 Å². The molecule has 1 amide bonds. The van der Waals surface area contributed by atoms with Gasteiger partial charge in [0.2, 0.25) is 5.91 Å². The summed E-state index contributed by atoms with van der Waals surface area (Å²) >= 11 is 0. The van der Waals surface area contributed by atoms with Gasteiger partial charge in [-0.25, -0.2) is 0 Å². The molecule has 0 aliphatic carbocycles. The van der Waals surface area contributed by atoms with Crippen LogP contribution in [0.1, 0.15) is 25.0 Å². The number of phenolic OH excluding ortho intramolecular Hbond substituents is 1. The van der Waals surface area contributed by atoms with Gasteiger partial charge in [-0.1, -0.05) is 18.2 Å².